The zero-order valence-corrected chi connectivity index (χ0v) is 11.4. The minimum absolute atomic E-state index is 0.0786. The molecule has 3 heteroatoms. The molecule has 3 nitrogen and oxygen atoms in total. The number of benzene rings is 1. The van der Waals surface area contributed by atoms with Crippen molar-refractivity contribution in [1.29, 1.82) is 0 Å². The van der Waals surface area contributed by atoms with E-state index in [1.54, 1.807) is 0 Å². The van der Waals surface area contributed by atoms with Crippen molar-refractivity contribution in [2.75, 3.05) is 0 Å². The molecular formula is C15H21N3. The lowest BCUT2D eigenvalue weighted by atomic mass is 9.91. The maximum Gasteiger partial charge on any atom is 0.0763 e. The van der Waals surface area contributed by atoms with Crippen LogP contribution in [0.15, 0.2) is 36.4 Å². The van der Waals surface area contributed by atoms with Gasteiger partial charge in [0.15, 0.2) is 0 Å². The van der Waals surface area contributed by atoms with E-state index in [0.717, 1.165) is 12.2 Å². The zero-order chi connectivity index (χ0) is 13.2. The van der Waals surface area contributed by atoms with Gasteiger partial charge in [-0.25, -0.2) is 0 Å². The highest BCUT2D eigenvalue weighted by molar-refractivity contribution is 5.21. The fourth-order valence-electron chi connectivity index (χ4n) is 2.05. The van der Waals surface area contributed by atoms with Crippen LogP contribution < -0.4 is 5.73 Å². The molecule has 0 unspecified atom stereocenters. The standard InChI is InChI=1S/C15H21N3/c1-15(2,3)14-9-13(10-16)17-18(14)11-12-7-5-4-6-8-12/h4-9H,10-11,16H2,1-3H3. The van der Waals surface area contributed by atoms with Crippen molar-refractivity contribution in [3.63, 3.8) is 0 Å². The molecule has 0 amide bonds. The summed E-state index contributed by atoms with van der Waals surface area (Å²) in [5.41, 5.74) is 9.21. The molecule has 96 valence electrons. The number of aromatic nitrogens is 2. The van der Waals surface area contributed by atoms with Crippen molar-refractivity contribution in [3.8, 4) is 0 Å². The Hall–Kier alpha value is -1.61. The monoisotopic (exact) mass is 243 g/mol. The van der Waals surface area contributed by atoms with Gasteiger partial charge < -0.3 is 5.73 Å². The summed E-state index contributed by atoms with van der Waals surface area (Å²) in [5, 5.41) is 4.58. The number of hydrogen-bond acceptors (Lipinski definition) is 2. The van der Waals surface area contributed by atoms with Gasteiger partial charge >= 0.3 is 0 Å². The van der Waals surface area contributed by atoms with Crippen LogP contribution in [-0.2, 0) is 18.5 Å². The van der Waals surface area contributed by atoms with E-state index < -0.39 is 0 Å². The quantitative estimate of drug-likeness (QED) is 0.900. The molecule has 0 saturated carbocycles. The maximum absolute atomic E-state index is 5.69. The van der Waals surface area contributed by atoms with Crippen molar-refractivity contribution < 1.29 is 0 Å². The van der Waals surface area contributed by atoms with E-state index >= 15 is 0 Å². The first-order valence-corrected chi connectivity index (χ1v) is 6.32. The third-order valence-corrected chi connectivity index (χ3v) is 2.98. The second-order valence-corrected chi connectivity index (χ2v) is 5.62. The van der Waals surface area contributed by atoms with Gasteiger partial charge in [0.05, 0.1) is 12.2 Å². The Morgan fingerprint density at radius 3 is 2.39 bits per heavy atom. The molecular weight excluding hydrogens is 222 g/mol. The second kappa shape index (κ2) is 4.94. The van der Waals surface area contributed by atoms with Gasteiger partial charge in [0, 0.05) is 17.7 Å². The van der Waals surface area contributed by atoms with Gasteiger partial charge in [-0.1, -0.05) is 51.1 Å². The average molecular weight is 243 g/mol. The van der Waals surface area contributed by atoms with Gasteiger partial charge in [-0.15, -0.1) is 0 Å². The summed E-state index contributed by atoms with van der Waals surface area (Å²) < 4.78 is 2.07. The third kappa shape index (κ3) is 2.79. The van der Waals surface area contributed by atoms with Crippen LogP contribution in [0.2, 0.25) is 0 Å². The highest BCUT2D eigenvalue weighted by Gasteiger charge is 2.20. The summed E-state index contributed by atoms with van der Waals surface area (Å²) in [6.45, 7) is 7.89. The first-order valence-electron chi connectivity index (χ1n) is 6.32. The number of nitrogens with zero attached hydrogens (tertiary/aromatic N) is 2. The van der Waals surface area contributed by atoms with Crippen molar-refractivity contribution in [2.24, 2.45) is 5.73 Å². The van der Waals surface area contributed by atoms with Crippen LogP contribution >= 0.6 is 0 Å². The molecule has 0 aliphatic heterocycles. The van der Waals surface area contributed by atoms with E-state index in [9.17, 15) is 0 Å². The Bertz CT molecular complexity index is 506. The zero-order valence-electron chi connectivity index (χ0n) is 11.4. The normalized spacial score (nSPS) is 11.8. The lowest BCUT2D eigenvalue weighted by Gasteiger charge is -2.20. The predicted octanol–water partition coefficient (Wildman–Crippen LogP) is 2.69. The number of nitrogens with two attached hydrogens (primary N) is 1. The first-order chi connectivity index (χ1) is 8.50. The molecule has 18 heavy (non-hydrogen) atoms. The molecule has 0 spiro atoms. The van der Waals surface area contributed by atoms with Crippen molar-refractivity contribution in [2.45, 2.75) is 39.3 Å². The Morgan fingerprint density at radius 2 is 1.83 bits per heavy atom. The van der Waals surface area contributed by atoms with Gasteiger partial charge in [0.25, 0.3) is 0 Å². The predicted molar refractivity (Wildman–Crippen MR) is 74.4 cm³/mol. The summed E-state index contributed by atoms with van der Waals surface area (Å²) in [4.78, 5) is 0. The molecule has 0 aliphatic rings. The van der Waals surface area contributed by atoms with Gasteiger partial charge in [0.2, 0.25) is 0 Å². The molecule has 1 aromatic heterocycles. The van der Waals surface area contributed by atoms with Crippen LogP contribution in [0.25, 0.3) is 0 Å². The fourth-order valence-corrected chi connectivity index (χ4v) is 2.05. The number of rotatable bonds is 3. The van der Waals surface area contributed by atoms with Gasteiger partial charge in [-0.05, 0) is 11.6 Å². The summed E-state index contributed by atoms with van der Waals surface area (Å²) in [7, 11) is 0. The van der Waals surface area contributed by atoms with E-state index in [4.69, 9.17) is 5.73 Å². The largest absolute Gasteiger partial charge is 0.325 e. The third-order valence-electron chi connectivity index (χ3n) is 2.98. The molecule has 2 N–H and O–H groups in total. The molecule has 2 rings (SSSR count). The van der Waals surface area contributed by atoms with Crippen LogP contribution in [0.3, 0.4) is 0 Å². The molecule has 0 fully saturated rings. The number of hydrogen-bond donors (Lipinski definition) is 1. The van der Waals surface area contributed by atoms with Crippen molar-refractivity contribution in [1.82, 2.24) is 9.78 Å². The minimum atomic E-state index is 0.0786. The van der Waals surface area contributed by atoms with Gasteiger partial charge in [-0.3, -0.25) is 4.68 Å². The van der Waals surface area contributed by atoms with Crippen molar-refractivity contribution in [3.05, 3.63) is 53.3 Å². The average Bonchev–Trinajstić information content (AvgIpc) is 2.73. The summed E-state index contributed by atoms with van der Waals surface area (Å²) in [6.07, 6.45) is 0. The van der Waals surface area contributed by atoms with Crippen molar-refractivity contribution >= 4 is 0 Å². The Labute approximate surface area is 109 Å². The second-order valence-electron chi connectivity index (χ2n) is 5.62. The van der Waals surface area contributed by atoms with E-state index in [0.29, 0.717) is 6.54 Å². The molecule has 2 aromatic rings. The fraction of sp³-hybridized carbons (Fsp3) is 0.400. The van der Waals surface area contributed by atoms with Gasteiger partial charge in [0.1, 0.15) is 0 Å². The lowest BCUT2D eigenvalue weighted by molar-refractivity contribution is 0.504. The van der Waals surface area contributed by atoms with E-state index in [1.165, 1.54) is 11.3 Å². The Balaban J connectivity index is 2.35. The maximum atomic E-state index is 5.69. The summed E-state index contributed by atoms with van der Waals surface area (Å²) >= 11 is 0. The minimum Gasteiger partial charge on any atom is -0.325 e. The lowest BCUT2D eigenvalue weighted by Crippen LogP contribution is -2.18. The van der Waals surface area contributed by atoms with Crippen LogP contribution in [-0.4, -0.2) is 9.78 Å². The summed E-state index contributed by atoms with van der Waals surface area (Å²) in [6, 6.07) is 12.5. The first kappa shape index (κ1) is 12.8. The highest BCUT2D eigenvalue weighted by atomic mass is 15.3. The molecule has 0 aliphatic carbocycles. The molecule has 0 saturated heterocycles. The highest BCUT2D eigenvalue weighted by Crippen LogP contribution is 2.23. The molecule has 1 heterocycles. The van der Waals surface area contributed by atoms with Crippen LogP contribution in [0.1, 0.15) is 37.7 Å². The topological polar surface area (TPSA) is 43.8 Å². The SMILES string of the molecule is CC(C)(C)c1cc(CN)nn1Cc1ccccc1. The molecule has 0 atom stereocenters. The van der Waals surface area contributed by atoms with E-state index in [2.05, 4.69) is 60.9 Å². The Morgan fingerprint density at radius 1 is 1.17 bits per heavy atom. The molecule has 0 bridgehead atoms. The van der Waals surface area contributed by atoms with Crippen LogP contribution in [0.4, 0.5) is 0 Å². The van der Waals surface area contributed by atoms with Crippen LogP contribution in [0, 0.1) is 0 Å². The molecule has 0 radical (unpaired) electrons. The molecule has 1 aromatic carbocycles. The Kier molecular flexibility index (Phi) is 3.53. The van der Waals surface area contributed by atoms with E-state index in [1.807, 2.05) is 6.07 Å². The van der Waals surface area contributed by atoms with Crippen LogP contribution in [0.5, 0.6) is 0 Å². The smallest absolute Gasteiger partial charge is 0.0763 e. The van der Waals surface area contributed by atoms with E-state index in [-0.39, 0.29) is 5.41 Å². The summed E-state index contributed by atoms with van der Waals surface area (Å²) in [5.74, 6) is 0. The van der Waals surface area contributed by atoms with Gasteiger partial charge in [-0.2, -0.15) is 5.10 Å².